The van der Waals surface area contributed by atoms with Gasteiger partial charge in [-0.05, 0) is 41.9 Å². The summed E-state index contributed by atoms with van der Waals surface area (Å²) in [5, 5.41) is 3.53. The molecule has 2 heterocycles. The Morgan fingerprint density at radius 1 is 1.07 bits per heavy atom. The zero-order valence-electron chi connectivity index (χ0n) is 16.7. The van der Waals surface area contributed by atoms with Crippen LogP contribution in [0.2, 0.25) is 0 Å². The molecule has 4 rings (SSSR count). The molecule has 1 aliphatic heterocycles. The largest absolute Gasteiger partial charge is 0.352 e. The van der Waals surface area contributed by atoms with Gasteiger partial charge in [0.2, 0.25) is 0 Å². The van der Waals surface area contributed by atoms with E-state index < -0.39 is 0 Å². The quantitative estimate of drug-likeness (QED) is 0.656. The fourth-order valence-electron chi connectivity index (χ4n) is 4.71. The zero-order valence-corrected chi connectivity index (χ0v) is 16.7. The van der Waals surface area contributed by atoms with E-state index in [4.69, 9.17) is 0 Å². The lowest BCUT2D eigenvalue weighted by atomic mass is 9.86. The number of aromatic nitrogens is 1. The van der Waals surface area contributed by atoms with Gasteiger partial charge in [0.15, 0.2) is 5.96 Å². The van der Waals surface area contributed by atoms with Gasteiger partial charge in [0.05, 0.1) is 6.54 Å². The number of aliphatic imine (C=N–C) groups is 1. The molecule has 0 bridgehead atoms. The van der Waals surface area contributed by atoms with Crippen molar-refractivity contribution in [1.82, 2.24) is 14.8 Å². The number of likely N-dealkylation sites (tertiary alicyclic amines) is 1. The first kappa shape index (κ1) is 18.8. The topological polar surface area (TPSA) is 49.6 Å². The maximum absolute atomic E-state index is 11.9. The third-order valence-corrected chi connectivity index (χ3v) is 6.34. The third kappa shape index (κ3) is 4.13. The molecule has 5 nitrogen and oxygen atoms in total. The van der Waals surface area contributed by atoms with E-state index in [9.17, 15) is 4.79 Å². The first-order valence-corrected chi connectivity index (χ1v) is 10.4. The van der Waals surface area contributed by atoms with Crippen molar-refractivity contribution in [2.24, 2.45) is 10.4 Å². The minimum atomic E-state index is 0.0303. The second-order valence-electron chi connectivity index (χ2n) is 8.26. The Bertz CT molecular complexity index is 878. The molecule has 2 aliphatic rings. The van der Waals surface area contributed by atoms with Crippen LogP contribution in [0.4, 0.5) is 0 Å². The standard InChI is InChI=1S/C23H30N4O/c1-24-22(27-15-13-23(18-27)11-3-4-12-23)25-16-19-7-9-20(10-8-19)17-26-14-5-2-6-21(26)28/h2,5-10,14H,3-4,11-13,15-18H2,1H3,(H,24,25). The Kier molecular flexibility index (Phi) is 5.51. The fraction of sp³-hybridized carbons (Fsp3) is 0.478. The van der Waals surface area contributed by atoms with Crippen LogP contribution in [0.3, 0.4) is 0 Å². The Morgan fingerprint density at radius 2 is 1.82 bits per heavy atom. The van der Waals surface area contributed by atoms with E-state index >= 15 is 0 Å². The summed E-state index contributed by atoms with van der Waals surface area (Å²) in [5.74, 6) is 1.02. The average Bonchev–Trinajstić information content (AvgIpc) is 3.35. The molecule has 28 heavy (non-hydrogen) atoms. The second kappa shape index (κ2) is 8.21. The first-order valence-electron chi connectivity index (χ1n) is 10.4. The van der Waals surface area contributed by atoms with Crippen molar-refractivity contribution < 1.29 is 0 Å². The van der Waals surface area contributed by atoms with E-state index in [-0.39, 0.29) is 5.56 Å². The number of hydrogen-bond acceptors (Lipinski definition) is 2. The molecular formula is C23H30N4O. The highest BCUT2D eigenvalue weighted by atomic mass is 16.1. The van der Waals surface area contributed by atoms with Gasteiger partial charge in [-0.3, -0.25) is 9.79 Å². The van der Waals surface area contributed by atoms with Crippen molar-refractivity contribution in [2.45, 2.75) is 45.2 Å². The summed E-state index contributed by atoms with van der Waals surface area (Å²) in [5.41, 5.74) is 2.93. The Balaban J connectivity index is 1.33. The summed E-state index contributed by atoms with van der Waals surface area (Å²) in [7, 11) is 1.88. The minimum Gasteiger partial charge on any atom is -0.352 e. The van der Waals surface area contributed by atoms with E-state index in [1.807, 2.05) is 19.3 Å². The van der Waals surface area contributed by atoms with Gasteiger partial charge in [0, 0.05) is 38.9 Å². The Morgan fingerprint density at radius 3 is 2.54 bits per heavy atom. The SMILES string of the molecule is CN=C(NCc1ccc(Cn2ccccc2=O)cc1)N1CCC2(CCCC2)C1. The van der Waals surface area contributed by atoms with Crippen molar-refractivity contribution in [3.8, 4) is 0 Å². The molecule has 5 heteroatoms. The third-order valence-electron chi connectivity index (χ3n) is 6.34. The predicted molar refractivity (Wildman–Crippen MR) is 114 cm³/mol. The molecule has 1 saturated heterocycles. The molecule has 0 radical (unpaired) electrons. The van der Waals surface area contributed by atoms with E-state index in [2.05, 4.69) is 39.5 Å². The molecule has 2 fully saturated rings. The van der Waals surface area contributed by atoms with Gasteiger partial charge in [-0.2, -0.15) is 0 Å². The van der Waals surface area contributed by atoms with Crippen LogP contribution in [0.5, 0.6) is 0 Å². The number of pyridine rings is 1. The molecule has 1 spiro atoms. The Hall–Kier alpha value is -2.56. The first-order chi connectivity index (χ1) is 13.7. The maximum atomic E-state index is 11.9. The number of benzene rings is 1. The highest BCUT2D eigenvalue weighted by Crippen LogP contribution is 2.45. The van der Waals surface area contributed by atoms with E-state index in [1.54, 1.807) is 16.7 Å². The van der Waals surface area contributed by atoms with Gasteiger partial charge in [0.25, 0.3) is 5.56 Å². The highest BCUT2D eigenvalue weighted by Gasteiger charge is 2.40. The maximum Gasteiger partial charge on any atom is 0.250 e. The smallest absolute Gasteiger partial charge is 0.250 e. The summed E-state index contributed by atoms with van der Waals surface area (Å²) in [6.45, 7) is 3.63. The molecule has 1 saturated carbocycles. The van der Waals surface area contributed by atoms with Crippen LogP contribution in [0.15, 0.2) is 58.4 Å². The molecule has 2 aromatic rings. The lowest BCUT2D eigenvalue weighted by Crippen LogP contribution is -2.40. The molecule has 1 N–H and O–H groups in total. The molecular weight excluding hydrogens is 348 g/mol. The minimum absolute atomic E-state index is 0.0303. The monoisotopic (exact) mass is 378 g/mol. The number of guanidine groups is 1. The van der Waals surface area contributed by atoms with Crippen LogP contribution in [0.1, 0.15) is 43.2 Å². The van der Waals surface area contributed by atoms with Crippen molar-refractivity contribution in [3.63, 3.8) is 0 Å². The van der Waals surface area contributed by atoms with Gasteiger partial charge in [-0.15, -0.1) is 0 Å². The van der Waals surface area contributed by atoms with Gasteiger partial charge in [0.1, 0.15) is 0 Å². The second-order valence-corrected chi connectivity index (χ2v) is 8.26. The lowest BCUT2D eigenvalue weighted by molar-refractivity contribution is 0.309. The van der Waals surface area contributed by atoms with Crippen LogP contribution in [-0.2, 0) is 13.1 Å². The zero-order chi connectivity index (χ0) is 19.4. The highest BCUT2D eigenvalue weighted by molar-refractivity contribution is 5.80. The van der Waals surface area contributed by atoms with Crippen molar-refractivity contribution in [3.05, 3.63) is 70.1 Å². The Labute approximate surface area is 167 Å². The van der Waals surface area contributed by atoms with E-state index in [1.165, 1.54) is 37.7 Å². The average molecular weight is 379 g/mol. The van der Waals surface area contributed by atoms with E-state index in [0.29, 0.717) is 12.0 Å². The summed E-state index contributed by atoms with van der Waals surface area (Å²) in [4.78, 5) is 18.8. The summed E-state index contributed by atoms with van der Waals surface area (Å²) in [6.07, 6.45) is 8.68. The van der Waals surface area contributed by atoms with Crippen LogP contribution in [0.25, 0.3) is 0 Å². The molecule has 0 amide bonds. The van der Waals surface area contributed by atoms with Gasteiger partial charge < -0.3 is 14.8 Å². The van der Waals surface area contributed by atoms with Gasteiger partial charge >= 0.3 is 0 Å². The van der Waals surface area contributed by atoms with Crippen LogP contribution >= 0.6 is 0 Å². The summed E-state index contributed by atoms with van der Waals surface area (Å²) >= 11 is 0. The van der Waals surface area contributed by atoms with Crippen molar-refractivity contribution in [1.29, 1.82) is 0 Å². The molecule has 0 atom stereocenters. The van der Waals surface area contributed by atoms with E-state index in [0.717, 1.165) is 31.2 Å². The number of nitrogens with zero attached hydrogens (tertiary/aromatic N) is 3. The lowest BCUT2D eigenvalue weighted by Gasteiger charge is -2.26. The van der Waals surface area contributed by atoms with Gasteiger partial charge in [-0.25, -0.2) is 0 Å². The number of nitrogens with one attached hydrogen (secondary N) is 1. The normalized spacial score (nSPS) is 18.8. The fourth-order valence-corrected chi connectivity index (χ4v) is 4.71. The summed E-state index contributed by atoms with van der Waals surface area (Å²) < 4.78 is 1.72. The molecule has 0 unspecified atom stereocenters. The predicted octanol–water partition coefficient (Wildman–Crippen LogP) is 3.24. The van der Waals surface area contributed by atoms with Crippen LogP contribution < -0.4 is 10.9 Å². The van der Waals surface area contributed by atoms with Crippen LogP contribution in [-0.4, -0.2) is 35.6 Å². The summed E-state index contributed by atoms with van der Waals surface area (Å²) in [6, 6.07) is 13.7. The molecule has 1 aromatic heterocycles. The van der Waals surface area contributed by atoms with Crippen molar-refractivity contribution in [2.75, 3.05) is 20.1 Å². The number of rotatable bonds is 4. The van der Waals surface area contributed by atoms with Gasteiger partial charge in [-0.1, -0.05) is 43.2 Å². The number of hydrogen-bond donors (Lipinski definition) is 1. The van der Waals surface area contributed by atoms with Crippen molar-refractivity contribution >= 4 is 5.96 Å². The van der Waals surface area contributed by atoms with Crippen LogP contribution in [0, 0.1) is 5.41 Å². The molecule has 1 aromatic carbocycles. The molecule has 1 aliphatic carbocycles. The molecule has 148 valence electrons.